The molecule has 1 aromatic rings. The highest BCUT2D eigenvalue weighted by molar-refractivity contribution is 5.87. The number of carbonyl (C=O) groups is 2. The van der Waals surface area contributed by atoms with Crippen molar-refractivity contribution in [1.82, 2.24) is 10.2 Å². The molecule has 0 aromatic heterocycles. The van der Waals surface area contributed by atoms with Crippen molar-refractivity contribution in [3.63, 3.8) is 0 Å². The topological polar surface area (TPSA) is 49.4 Å². The van der Waals surface area contributed by atoms with Crippen molar-refractivity contribution in [3.05, 3.63) is 35.4 Å². The molecule has 1 aliphatic rings. The van der Waals surface area contributed by atoms with E-state index >= 15 is 0 Å². The third-order valence-electron chi connectivity index (χ3n) is 5.08. The molecule has 0 aliphatic heterocycles. The Kier molecular flexibility index (Phi) is 7.48. The van der Waals surface area contributed by atoms with E-state index in [1.54, 1.807) is 4.90 Å². The number of benzene rings is 1. The molecule has 2 rings (SSSR count). The average molecular weight is 344 g/mol. The summed E-state index contributed by atoms with van der Waals surface area (Å²) in [6.07, 6.45) is 6.79. The lowest BCUT2D eigenvalue weighted by Crippen LogP contribution is -2.51. The van der Waals surface area contributed by atoms with Gasteiger partial charge in [0.15, 0.2) is 0 Å². The zero-order valence-electron chi connectivity index (χ0n) is 15.9. The van der Waals surface area contributed by atoms with Gasteiger partial charge in [0.1, 0.15) is 6.04 Å². The number of aryl methyl sites for hydroxylation is 1. The Morgan fingerprint density at radius 1 is 1.20 bits per heavy atom. The van der Waals surface area contributed by atoms with Gasteiger partial charge < -0.3 is 10.2 Å². The van der Waals surface area contributed by atoms with Gasteiger partial charge in [-0.3, -0.25) is 9.59 Å². The normalized spacial score (nSPS) is 16.3. The third-order valence-corrected chi connectivity index (χ3v) is 5.08. The first-order valence-corrected chi connectivity index (χ1v) is 9.70. The number of nitrogens with zero attached hydrogens (tertiary/aromatic N) is 1. The highest BCUT2D eigenvalue weighted by atomic mass is 16.2. The summed E-state index contributed by atoms with van der Waals surface area (Å²) >= 11 is 0. The van der Waals surface area contributed by atoms with E-state index in [1.807, 2.05) is 39.0 Å². The molecule has 0 spiro atoms. The summed E-state index contributed by atoms with van der Waals surface area (Å²) in [5.74, 6) is 0.0380. The molecule has 4 heteroatoms. The minimum Gasteiger partial charge on any atom is -0.352 e. The number of hydrogen-bond acceptors (Lipinski definition) is 2. The Bertz CT molecular complexity index is 579. The summed E-state index contributed by atoms with van der Waals surface area (Å²) in [7, 11) is 0. The lowest BCUT2D eigenvalue weighted by Gasteiger charge is -2.32. The molecular formula is C21H32N2O2. The molecule has 1 saturated carbocycles. The highest BCUT2D eigenvalue weighted by Crippen LogP contribution is 2.19. The molecule has 1 fully saturated rings. The predicted molar refractivity (Wildman–Crippen MR) is 101 cm³/mol. The SMILES string of the molecule is CCC(=O)N(Cc1cccc(C)c1)[C@@H](CC)C(=O)NC1CCCCC1. The van der Waals surface area contributed by atoms with Crippen molar-refractivity contribution < 1.29 is 9.59 Å². The number of carbonyl (C=O) groups excluding carboxylic acids is 2. The van der Waals surface area contributed by atoms with E-state index in [4.69, 9.17) is 0 Å². The second-order valence-electron chi connectivity index (χ2n) is 7.13. The van der Waals surface area contributed by atoms with Gasteiger partial charge in [-0.25, -0.2) is 0 Å². The van der Waals surface area contributed by atoms with Gasteiger partial charge in [-0.15, -0.1) is 0 Å². The van der Waals surface area contributed by atoms with Crippen LogP contribution in [0, 0.1) is 6.92 Å². The van der Waals surface area contributed by atoms with Crippen LogP contribution in [0.1, 0.15) is 69.9 Å². The predicted octanol–water partition coefficient (Wildman–Crippen LogP) is 3.96. The smallest absolute Gasteiger partial charge is 0.243 e. The van der Waals surface area contributed by atoms with Gasteiger partial charge in [-0.1, -0.05) is 62.9 Å². The lowest BCUT2D eigenvalue weighted by molar-refractivity contribution is -0.141. The lowest BCUT2D eigenvalue weighted by atomic mass is 9.95. The average Bonchev–Trinajstić information content (AvgIpc) is 2.61. The van der Waals surface area contributed by atoms with Crippen molar-refractivity contribution in [3.8, 4) is 0 Å². The van der Waals surface area contributed by atoms with Crippen molar-refractivity contribution >= 4 is 11.8 Å². The van der Waals surface area contributed by atoms with Crippen molar-refractivity contribution in [1.29, 1.82) is 0 Å². The Morgan fingerprint density at radius 2 is 1.92 bits per heavy atom. The number of rotatable bonds is 7. The molecule has 4 nitrogen and oxygen atoms in total. The van der Waals surface area contributed by atoms with Gasteiger partial charge in [0.05, 0.1) is 0 Å². The van der Waals surface area contributed by atoms with E-state index in [1.165, 1.54) is 24.8 Å². The fraction of sp³-hybridized carbons (Fsp3) is 0.619. The van der Waals surface area contributed by atoms with Crippen molar-refractivity contribution in [2.45, 2.75) is 84.3 Å². The maximum atomic E-state index is 12.9. The largest absolute Gasteiger partial charge is 0.352 e. The number of amides is 2. The molecular weight excluding hydrogens is 312 g/mol. The maximum absolute atomic E-state index is 12.9. The zero-order valence-corrected chi connectivity index (χ0v) is 15.9. The summed E-state index contributed by atoms with van der Waals surface area (Å²) in [5.41, 5.74) is 2.24. The molecule has 0 radical (unpaired) electrons. The molecule has 0 bridgehead atoms. The van der Waals surface area contributed by atoms with Gasteiger partial charge in [-0.05, 0) is 31.7 Å². The Hall–Kier alpha value is -1.84. The van der Waals surface area contributed by atoms with E-state index in [0.717, 1.165) is 18.4 Å². The fourth-order valence-electron chi connectivity index (χ4n) is 3.67. The van der Waals surface area contributed by atoms with Crippen LogP contribution in [0.25, 0.3) is 0 Å². The molecule has 1 aliphatic carbocycles. The maximum Gasteiger partial charge on any atom is 0.243 e. The van der Waals surface area contributed by atoms with Gasteiger partial charge in [-0.2, -0.15) is 0 Å². The van der Waals surface area contributed by atoms with Crippen LogP contribution >= 0.6 is 0 Å². The van der Waals surface area contributed by atoms with E-state index in [9.17, 15) is 9.59 Å². The van der Waals surface area contributed by atoms with Crippen molar-refractivity contribution in [2.24, 2.45) is 0 Å². The first-order valence-electron chi connectivity index (χ1n) is 9.70. The summed E-state index contributed by atoms with van der Waals surface area (Å²) < 4.78 is 0. The quantitative estimate of drug-likeness (QED) is 0.814. The van der Waals surface area contributed by atoms with Gasteiger partial charge >= 0.3 is 0 Å². The second kappa shape index (κ2) is 9.59. The summed E-state index contributed by atoms with van der Waals surface area (Å²) in [6.45, 7) is 6.38. The fourth-order valence-corrected chi connectivity index (χ4v) is 3.67. The first-order chi connectivity index (χ1) is 12.0. The second-order valence-corrected chi connectivity index (χ2v) is 7.13. The molecule has 25 heavy (non-hydrogen) atoms. The van der Waals surface area contributed by atoms with Crippen LogP contribution in [-0.4, -0.2) is 28.8 Å². The summed E-state index contributed by atoms with van der Waals surface area (Å²) in [6, 6.07) is 8.03. The van der Waals surface area contributed by atoms with Crippen LogP contribution in [0.2, 0.25) is 0 Å². The van der Waals surface area contributed by atoms with Crippen LogP contribution in [0.15, 0.2) is 24.3 Å². The van der Waals surface area contributed by atoms with Gasteiger partial charge in [0, 0.05) is 19.0 Å². The molecule has 1 atom stereocenters. The molecule has 1 aromatic carbocycles. The van der Waals surface area contributed by atoms with Gasteiger partial charge in [0.2, 0.25) is 11.8 Å². The van der Waals surface area contributed by atoms with E-state index in [0.29, 0.717) is 19.4 Å². The van der Waals surface area contributed by atoms with Crippen LogP contribution in [-0.2, 0) is 16.1 Å². The molecule has 138 valence electrons. The Balaban J connectivity index is 2.12. The monoisotopic (exact) mass is 344 g/mol. The third kappa shape index (κ3) is 5.58. The number of nitrogens with one attached hydrogen (secondary N) is 1. The molecule has 2 amide bonds. The van der Waals surface area contributed by atoms with Crippen LogP contribution in [0.5, 0.6) is 0 Å². The van der Waals surface area contributed by atoms with E-state index in [-0.39, 0.29) is 17.9 Å². The van der Waals surface area contributed by atoms with Gasteiger partial charge in [0.25, 0.3) is 0 Å². The first kappa shape index (κ1) is 19.5. The number of hydrogen-bond donors (Lipinski definition) is 1. The van der Waals surface area contributed by atoms with Crippen molar-refractivity contribution in [2.75, 3.05) is 0 Å². The minimum absolute atomic E-state index is 0.00357. The Labute approximate surface area is 152 Å². The van der Waals surface area contributed by atoms with Crippen LogP contribution in [0.3, 0.4) is 0 Å². The molecule has 1 N–H and O–H groups in total. The minimum atomic E-state index is -0.394. The summed E-state index contributed by atoms with van der Waals surface area (Å²) in [4.78, 5) is 27.2. The molecule has 0 saturated heterocycles. The Morgan fingerprint density at radius 3 is 2.52 bits per heavy atom. The van der Waals surface area contributed by atoms with Crippen LogP contribution < -0.4 is 5.32 Å². The zero-order chi connectivity index (χ0) is 18.2. The highest BCUT2D eigenvalue weighted by Gasteiger charge is 2.29. The van der Waals surface area contributed by atoms with E-state index < -0.39 is 6.04 Å². The van der Waals surface area contributed by atoms with Crippen LogP contribution in [0.4, 0.5) is 0 Å². The molecule has 0 heterocycles. The van der Waals surface area contributed by atoms with E-state index in [2.05, 4.69) is 11.4 Å². The summed E-state index contributed by atoms with van der Waals surface area (Å²) in [5, 5.41) is 3.19. The molecule has 0 unspecified atom stereocenters. The standard InChI is InChI=1S/C21H32N2O2/c1-4-19(21(25)22-18-12-7-6-8-13-18)23(20(24)5-2)15-17-11-9-10-16(3)14-17/h9-11,14,18-19H,4-8,12-13,15H2,1-3H3,(H,22,25)/t19-/m0/s1.